The lowest BCUT2D eigenvalue weighted by atomic mass is 9.99. The number of hydrogen-bond donors (Lipinski definition) is 7. The van der Waals surface area contributed by atoms with Crippen molar-refractivity contribution in [2.24, 2.45) is 17.6 Å². The van der Waals surface area contributed by atoms with Gasteiger partial charge >= 0.3 is 17.9 Å². The molecule has 0 aliphatic carbocycles. The largest absolute Gasteiger partial charge is 0.481 e. The van der Waals surface area contributed by atoms with Gasteiger partial charge in [0.05, 0.1) is 6.04 Å². The summed E-state index contributed by atoms with van der Waals surface area (Å²) in [5, 5.41) is 34.0. The molecular weight excluding hydrogens is 452 g/mol. The minimum atomic E-state index is -1.55. The van der Waals surface area contributed by atoms with Gasteiger partial charge in [-0.1, -0.05) is 27.7 Å². The molecule has 0 heterocycles. The van der Waals surface area contributed by atoms with Gasteiger partial charge in [-0.2, -0.15) is 0 Å². The normalized spacial score (nSPS) is 14.6. The molecule has 13 heteroatoms. The first-order valence-electron chi connectivity index (χ1n) is 11.0. The average Bonchev–Trinajstić information content (AvgIpc) is 2.70. The third-order valence-corrected chi connectivity index (χ3v) is 4.85. The molecule has 0 bridgehead atoms. The number of carboxylic acids is 3. The summed E-state index contributed by atoms with van der Waals surface area (Å²) < 4.78 is 0. The first kappa shape index (κ1) is 30.8. The molecule has 34 heavy (non-hydrogen) atoms. The Kier molecular flexibility index (Phi) is 13.4. The fraction of sp³-hybridized carbons (Fsp3) is 0.714. The molecule has 8 N–H and O–H groups in total. The van der Waals surface area contributed by atoms with Crippen molar-refractivity contribution < 1.29 is 44.1 Å². The minimum absolute atomic E-state index is 0.138. The van der Waals surface area contributed by atoms with E-state index in [9.17, 15) is 33.9 Å². The Hall–Kier alpha value is -3.22. The van der Waals surface area contributed by atoms with Crippen molar-refractivity contribution in [2.75, 3.05) is 0 Å². The van der Waals surface area contributed by atoms with Gasteiger partial charge in [0.25, 0.3) is 0 Å². The van der Waals surface area contributed by atoms with Crippen molar-refractivity contribution >= 4 is 35.6 Å². The van der Waals surface area contributed by atoms with Crippen LogP contribution in [-0.2, 0) is 28.8 Å². The van der Waals surface area contributed by atoms with Gasteiger partial charge in [0.1, 0.15) is 18.1 Å². The molecule has 13 nitrogen and oxygen atoms in total. The summed E-state index contributed by atoms with van der Waals surface area (Å²) in [7, 11) is 0. The van der Waals surface area contributed by atoms with Gasteiger partial charge in [0.2, 0.25) is 17.7 Å². The van der Waals surface area contributed by atoms with Gasteiger partial charge < -0.3 is 37.0 Å². The summed E-state index contributed by atoms with van der Waals surface area (Å²) in [5.74, 6) is -6.59. The van der Waals surface area contributed by atoms with E-state index in [1.54, 1.807) is 13.8 Å². The smallest absolute Gasteiger partial charge is 0.326 e. The van der Waals surface area contributed by atoms with Crippen molar-refractivity contribution in [3.05, 3.63) is 0 Å². The van der Waals surface area contributed by atoms with E-state index in [1.165, 1.54) is 0 Å². The lowest BCUT2D eigenvalue weighted by Gasteiger charge is -2.27. The van der Waals surface area contributed by atoms with Gasteiger partial charge in [0.15, 0.2) is 0 Å². The lowest BCUT2D eigenvalue weighted by Crippen LogP contribution is -2.58. The summed E-state index contributed by atoms with van der Waals surface area (Å²) in [6.07, 6.45) is -1.42. The van der Waals surface area contributed by atoms with Crippen LogP contribution < -0.4 is 21.7 Å². The number of nitrogens with two attached hydrogens (primary N) is 1. The van der Waals surface area contributed by atoms with Gasteiger partial charge in [-0.05, 0) is 31.1 Å². The molecule has 3 amide bonds. The Morgan fingerprint density at radius 2 is 1.18 bits per heavy atom. The summed E-state index contributed by atoms with van der Waals surface area (Å²) in [6.45, 7) is 7.06. The maximum atomic E-state index is 12.9. The maximum Gasteiger partial charge on any atom is 0.326 e. The van der Waals surface area contributed by atoms with E-state index in [0.29, 0.717) is 6.42 Å². The number of aliphatic carboxylic acids is 3. The van der Waals surface area contributed by atoms with Crippen LogP contribution in [0.1, 0.15) is 59.8 Å². The Labute approximate surface area is 197 Å². The van der Waals surface area contributed by atoms with Crippen LogP contribution in [0.4, 0.5) is 0 Å². The van der Waals surface area contributed by atoms with Crippen LogP contribution >= 0.6 is 0 Å². The molecular formula is C21H36N4O9. The van der Waals surface area contributed by atoms with Gasteiger partial charge in [0, 0.05) is 12.8 Å². The summed E-state index contributed by atoms with van der Waals surface area (Å²) in [5.41, 5.74) is 5.86. The summed E-state index contributed by atoms with van der Waals surface area (Å²) in [6, 6.07) is -4.93. The predicted molar refractivity (Wildman–Crippen MR) is 119 cm³/mol. The molecule has 0 saturated heterocycles. The molecule has 194 valence electrons. The Bertz CT molecular complexity index is 755. The fourth-order valence-corrected chi connectivity index (χ4v) is 3.01. The van der Waals surface area contributed by atoms with Crippen LogP contribution in [0.15, 0.2) is 0 Å². The number of rotatable bonds is 16. The van der Waals surface area contributed by atoms with E-state index < -0.39 is 85.0 Å². The van der Waals surface area contributed by atoms with Crippen molar-refractivity contribution in [3.8, 4) is 0 Å². The number of carbonyl (C=O) groups excluding carboxylic acids is 3. The lowest BCUT2D eigenvalue weighted by molar-refractivity contribution is -0.144. The Morgan fingerprint density at radius 1 is 0.706 bits per heavy atom. The summed E-state index contributed by atoms with van der Waals surface area (Å²) >= 11 is 0. The molecule has 0 saturated carbocycles. The quantitative estimate of drug-likeness (QED) is 0.144. The van der Waals surface area contributed by atoms with Crippen LogP contribution in [-0.4, -0.2) is 75.1 Å². The first-order valence-corrected chi connectivity index (χ1v) is 11.0. The van der Waals surface area contributed by atoms with Crippen LogP contribution in [0, 0.1) is 11.8 Å². The molecule has 0 aromatic heterocycles. The second kappa shape index (κ2) is 14.8. The zero-order chi connectivity index (χ0) is 26.6. The maximum absolute atomic E-state index is 12.9. The highest BCUT2D eigenvalue weighted by molar-refractivity contribution is 5.94. The molecule has 4 unspecified atom stereocenters. The first-order chi connectivity index (χ1) is 15.6. The van der Waals surface area contributed by atoms with E-state index in [1.807, 2.05) is 13.8 Å². The van der Waals surface area contributed by atoms with Crippen molar-refractivity contribution in [1.29, 1.82) is 0 Å². The van der Waals surface area contributed by atoms with E-state index in [4.69, 9.17) is 15.9 Å². The second-order valence-corrected chi connectivity index (χ2v) is 8.79. The fourth-order valence-electron chi connectivity index (χ4n) is 3.01. The molecule has 0 radical (unpaired) electrons. The monoisotopic (exact) mass is 488 g/mol. The molecule has 0 aliphatic rings. The molecule has 0 aliphatic heterocycles. The van der Waals surface area contributed by atoms with E-state index >= 15 is 0 Å². The highest BCUT2D eigenvalue weighted by Crippen LogP contribution is 2.08. The SMILES string of the molecule is CC(C)CC(N)C(=O)NC(C(=O)NC(CCC(=O)O)C(=O)NC(CCC(=O)O)C(=O)O)C(C)C. The third-order valence-electron chi connectivity index (χ3n) is 4.85. The zero-order valence-corrected chi connectivity index (χ0v) is 19.9. The molecule has 0 rings (SSSR count). The molecule has 0 fully saturated rings. The average molecular weight is 489 g/mol. The number of amides is 3. The van der Waals surface area contributed by atoms with Gasteiger partial charge in [-0.3, -0.25) is 24.0 Å². The highest BCUT2D eigenvalue weighted by Gasteiger charge is 2.32. The van der Waals surface area contributed by atoms with Gasteiger partial charge in [-0.15, -0.1) is 0 Å². The molecule has 4 atom stereocenters. The number of carbonyl (C=O) groups is 6. The van der Waals surface area contributed by atoms with Crippen LogP contribution in [0.5, 0.6) is 0 Å². The van der Waals surface area contributed by atoms with Crippen molar-refractivity contribution in [1.82, 2.24) is 16.0 Å². The van der Waals surface area contributed by atoms with E-state index in [2.05, 4.69) is 16.0 Å². The minimum Gasteiger partial charge on any atom is -0.481 e. The Morgan fingerprint density at radius 3 is 1.59 bits per heavy atom. The van der Waals surface area contributed by atoms with Crippen LogP contribution in [0.3, 0.4) is 0 Å². The van der Waals surface area contributed by atoms with Gasteiger partial charge in [-0.25, -0.2) is 4.79 Å². The van der Waals surface area contributed by atoms with Crippen LogP contribution in [0.2, 0.25) is 0 Å². The summed E-state index contributed by atoms with van der Waals surface area (Å²) in [4.78, 5) is 71.0. The molecule has 0 spiro atoms. The third kappa shape index (κ3) is 12.1. The highest BCUT2D eigenvalue weighted by atomic mass is 16.4. The number of carboxylic acid groups (broad SMARTS) is 3. The molecule has 0 aromatic carbocycles. The number of nitrogens with one attached hydrogen (secondary N) is 3. The van der Waals surface area contributed by atoms with E-state index in [0.717, 1.165) is 0 Å². The standard InChI is InChI=1S/C21H36N4O9/c1-10(2)9-12(22)18(30)25-17(11(3)4)20(32)23-13(5-7-15(26)27)19(31)24-14(21(33)34)6-8-16(28)29/h10-14,17H,5-9,22H2,1-4H3,(H,23,32)(H,24,31)(H,25,30)(H,26,27)(H,28,29)(H,33,34). The van der Waals surface area contributed by atoms with E-state index in [-0.39, 0.29) is 12.3 Å². The number of hydrogen-bond acceptors (Lipinski definition) is 7. The predicted octanol–water partition coefficient (Wildman–Crippen LogP) is -0.716. The van der Waals surface area contributed by atoms with Crippen molar-refractivity contribution in [3.63, 3.8) is 0 Å². The van der Waals surface area contributed by atoms with Crippen molar-refractivity contribution in [2.45, 2.75) is 84.0 Å². The second-order valence-electron chi connectivity index (χ2n) is 8.79. The molecule has 0 aromatic rings. The zero-order valence-electron chi connectivity index (χ0n) is 19.9. The topological polar surface area (TPSA) is 225 Å². The van der Waals surface area contributed by atoms with Crippen LogP contribution in [0.25, 0.3) is 0 Å². The Balaban J connectivity index is 5.51.